The summed E-state index contributed by atoms with van der Waals surface area (Å²) in [7, 11) is 2.90. The molecular weight excluding hydrogens is 308 g/mol. The lowest BCUT2D eigenvalue weighted by Crippen LogP contribution is -2.27. The number of methoxy groups -OCH3 is 2. The predicted molar refractivity (Wildman–Crippen MR) is 91.7 cm³/mol. The number of phenols is 1. The molecule has 0 saturated heterocycles. The number of fused-ring (bicyclic) bond motifs is 2. The molecule has 3 aromatic carbocycles. The molecule has 0 aliphatic carbocycles. The standard InChI is InChI=1S/C18H14N2O4/c1-23-16-11-9-6-4-3-5-8(9)7-10-12(11)13(14(19)18(22)20-10)15(21)17(16)24-2/h3-7,19,21H,1-2H3,(H,20,22). The number of amides is 1. The van der Waals surface area contributed by atoms with Gasteiger partial charge in [0.1, 0.15) is 5.71 Å². The number of nitrogens with one attached hydrogen (secondary N) is 2. The zero-order valence-electron chi connectivity index (χ0n) is 13.1. The Morgan fingerprint density at radius 2 is 1.79 bits per heavy atom. The van der Waals surface area contributed by atoms with E-state index in [-0.39, 0.29) is 22.8 Å². The maximum absolute atomic E-state index is 12.1. The van der Waals surface area contributed by atoms with Crippen LogP contribution in [0.2, 0.25) is 0 Å². The van der Waals surface area contributed by atoms with Crippen LogP contribution in [0.1, 0.15) is 5.56 Å². The lowest BCUT2D eigenvalue weighted by Gasteiger charge is -2.24. The quantitative estimate of drug-likeness (QED) is 0.632. The molecule has 1 amide bonds. The van der Waals surface area contributed by atoms with Gasteiger partial charge in [-0.2, -0.15) is 0 Å². The van der Waals surface area contributed by atoms with E-state index in [9.17, 15) is 9.90 Å². The van der Waals surface area contributed by atoms with Gasteiger partial charge in [-0.25, -0.2) is 0 Å². The summed E-state index contributed by atoms with van der Waals surface area (Å²) in [6, 6.07) is 9.48. The van der Waals surface area contributed by atoms with Crippen molar-refractivity contribution in [2.45, 2.75) is 0 Å². The molecule has 0 bridgehead atoms. The Bertz CT molecular complexity index is 1060. The monoisotopic (exact) mass is 322 g/mol. The van der Waals surface area contributed by atoms with Gasteiger partial charge in [0, 0.05) is 10.8 Å². The molecule has 1 aliphatic rings. The van der Waals surface area contributed by atoms with Gasteiger partial charge in [-0.05, 0) is 16.8 Å². The van der Waals surface area contributed by atoms with Crippen LogP contribution in [0.15, 0.2) is 30.3 Å². The van der Waals surface area contributed by atoms with Crippen molar-refractivity contribution in [3.63, 3.8) is 0 Å². The Kier molecular flexibility index (Phi) is 2.90. The Hall–Kier alpha value is -3.28. The molecule has 0 fully saturated rings. The van der Waals surface area contributed by atoms with Crippen molar-refractivity contribution < 1.29 is 19.4 Å². The highest BCUT2D eigenvalue weighted by atomic mass is 16.5. The summed E-state index contributed by atoms with van der Waals surface area (Å²) in [5.74, 6) is -0.350. The van der Waals surface area contributed by atoms with Gasteiger partial charge in [0.05, 0.1) is 25.5 Å². The molecular formula is C18H14N2O4. The average molecular weight is 322 g/mol. The normalized spacial score (nSPS) is 13.2. The lowest BCUT2D eigenvalue weighted by atomic mass is 9.90. The summed E-state index contributed by atoms with van der Waals surface area (Å²) in [4.78, 5) is 12.1. The minimum absolute atomic E-state index is 0.113. The van der Waals surface area contributed by atoms with Crippen LogP contribution in [0.25, 0.3) is 21.5 Å². The first-order valence-corrected chi connectivity index (χ1v) is 7.31. The largest absolute Gasteiger partial charge is 0.504 e. The molecule has 6 heteroatoms. The number of ether oxygens (including phenoxy) is 2. The molecule has 24 heavy (non-hydrogen) atoms. The Morgan fingerprint density at radius 3 is 2.50 bits per heavy atom. The zero-order valence-corrected chi connectivity index (χ0v) is 13.1. The molecule has 0 radical (unpaired) electrons. The van der Waals surface area contributed by atoms with E-state index in [0.29, 0.717) is 22.2 Å². The minimum Gasteiger partial charge on any atom is -0.504 e. The fourth-order valence-corrected chi connectivity index (χ4v) is 3.32. The van der Waals surface area contributed by atoms with Crippen molar-refractivity contribution in [1.82, 2.24) is 0 Å². The van der Waals surface area contributed by atoms with Crippen LogP contribution >= 0.6 is 0 Å². The first-order chi connectivity index (χ1) is 11.6. The van der Waals surface area contributed by atoms with Crippen LogP contribution in [0.3, 0.4) is 0 Å². The van der Waals surface area contributed by atoms with Crippen molar-refractivity contribution in [1.29, 1.82) is 5.41 Å². The zero-order chi connectivity index (χ0) is 17.0. The summed E-state index contributed by atoms with van der Waals surface area (Å²) in [6.07, 6.45) is 0. The molecule has 1 heterocycles. The number of benzene rings is 3. The molecule has 1 aliphatic heterocycles. The Labute approximate surface area is 137 Å². The van der Waals surface area contributed by atoms with E-state index in [1.54, 1.807) is 0 Å². The van der Waals surface area contributed by atoms with Crippen LogP contribution in [0.4, 0.5) is 5.69 Å². The number of hydrogen-bond acceptors (Lipinski definition) is 5. The summed E-state index contributed by atoms with van der Waals surface area (Å²) < 4.78 is 10.8. The number of carbonyl (C=O) groups excluding carboxylic acids is 1. The molecule has 0 saturated carbocycles. The Balaban J connectivity index is 2.37. The molecule has 4 rings (SSSR count). The summed E-state index contributed by atoms with van der Waals surface area (Å²) in [5.41, 5.74) is 0.393. The molecule has 6 nitrogen and oxygen atoms in total. The third kappa shape index (κ3) is 1.65. The van der Waals surface area contributed by atoms with Crippen molar-refractivity contribution in [2.24, 2.45) is 0 Å². The number of carbonyl (C=O) groups is 1. The van der Waals surface area contributed by atoms with E-state index in [4.69, 9.17) is 14.9 Å². The molecule has 0 spiro atoms. The molecule has 0 unspecified atom stereocenters. The van der Waals surface area contributed by atoms with Crippen LogP contribution in [0.5, 0.6) is 17.2 Å². The van der Waals surface area contributed by atoms with Gasteiger partial charge in [-0.15, -0.1) is 0 Å². The van der Waals surface area contributed by atoms with Crippen LogP contribution < -0.4 is 14.8 Å². The number of aromatic hydroxyl groups is 1. The second kappa shape index (κ2) is 4.86. The topological polar surface area (TPSA) is 91.6 Å². The summed E-state index contributed by atoms with van der Waals surface area (Å²) >= 11 is 0. The highest BCUT2D eigenvalue weighted by Gasteiger charge is 2.32. The predicted octanol–water partition coefficient (Wildman–Crippen LogP) is 3.04. The van der Waals surface area contributed by atoms with Gasteiger partial charge in [0.2, 0.25) is 5.75 Å². The number of hydrogen-bond donors (Lipinski definition) is 3. The first kappa shape index (κ1) is 14.3. The van der Waals surface area contributed by atoms with Gasteiger partial charge in [0.25, 0.3) is 5.91 Å². The van der Waals surface area contributed by atoms with Crippen molar-refractivity contribution >= 4 is 38.9 Å². The van der Waals surface area contributed by atoms with Crippen molar-refractivity contribution in [2.75, 3.05) is 19.5 Å². The van der Waals surface area contributed by atoms with Crippen molar-refractivity contribution in [3.05, 3.63) is 35.9 Å². The highest BCUT2D eigenvalue weighted by Crippen LogP contribution is 2.51. The fourth-order valence-electron chi connectivity index (χ4n) is 3.32. The first-order valence-electron chi connectivity index (χ1n) is 7.31. The van der Waals surface area contributed by atoms with E-state index in [1.165, 1.54) is 14.2 Å². The van der Waals surface area contributed by atoms with Crippen LogP contribution in [-0.4, -0.2) is 30.9 Å². The van der Waals surface area contributed by atoms with Gasteiger partial charge >= 0.3 is 0 Å². The van der Waals surface area contributed by atoms with Crippen molar-refractivity contribution in [3.8, 4) is 17.2 Å². The molecule has 3 aromatic rings. The summed E-state index contributed by atoms with van der Waals surface area (Å²) in [6.45, 7) is 0. The van der Waals surface area contributed by atoms with E-state index >= 15 is 0 Å². The van der Waals surface area contributed by atoms with E-state index in [1.807, 2.05) is 30.3 Å². The van der Waals surface area contributed by atoms with E-state index < -0.39 is 5.91 Å². The van der Waals surface area contributed by atoms with E-state index in [0.717, 1.165) is 10.8 Å². The molecule has 120 valence electrons. The van der Waals surface area contributed by atoms with Gasteiger partial charge < -0.3 is 19.9 Å². The maximum Gasteiger partial charge on any atom is 0.274 e. The maximum atomic E-state index is 12.1. The second-order valence-corrected chi connectivity index (χ2v) is 5.51. The average Bonchev–Trinajstić information content (AvgIpc) is 2.59. The smallest absolute Gasteiger partial charge is 0.274 e. The minimum atomic E-state index is -0.568. The van der Waals surface area contributed by atoms with Gasteiger partial charge in [-0.1, -0.05) is 24.3 Å². The lowest BCUT2D eigenvalue weighted by molar-refractivity contribution is -0.110. The number of phenolic OH excluding ortho intramolecular Hbond substituents is 1. The SMILES string of the molecule is COc1c(O)c2c3c(cc4ccccc4c3c1OC)NC(=O)C2=N. The number of anilines is 1. The third-order valence-corrected chi connectivity index (χ3v) is 4.32. The third-order valence-electron chi connectivity index (χ3n) is 4.32. The molecule has 0 aromatic heterocycles. The van der Waals surface area contributed by atoms with Gasteiger partial charge in [0.15, 0.2) is 11.5 Å². The number of rotatable bonds is 2. The highest BCUT2D eigenvalue weighted by molar-refractivity contribution is 6.54. The molecule has 3 N–H and O–H groups in total. The van der Waals surface area contributed by atoms with Crippen LogP contribution in [0, 0.1) is 5.41 Å². The fraction of sp³-hybridized carbons (Fsp3) is 0.111. The Morgan fingerprint density at radius 1 is 1.08 bits per heavy atom. The van der Waals surface area contributed by atoms with Crippen LogP contribution in [-0.2, 0) is 4.79 Å². The second-order valence-electron chi connectivity index (χ2n) is 5.51. The van der Waals surface area contributed by atoms with E-state index in [2.05, 4.69) is 5.32 Å². The van der Waals surface area contributed by atoms with Gasteiger partial charge in [-0.3, -0.25) is 10.2 Å². The summed E-state index contributed by atoms with van der Waals surface area (Å²) in [5, 5.41) is 24.5. The molecule has 0 atom stereocenters.